The predicted molar refractivity (Wildman–Crippen MR) is 78.6 cm³/mol. The minimum Gasteiger partial charge on any atom is -0.497 e. The molecule has 6 heteroatoms. The number of rotatable bonds is 4. The van der Waals surface area contributed by atoms with Crippen molar-refractivity contribution in [2.24, 2.45) is 0 Å². The molecular weight excluding hydrogens is 284 g/mol. The maximum atomic E-state index is 11.6. The number of ether oxygens (including phenoxy) is 3. The van der Waals surface area contributed by atoms with E-state index >= 15 is 0 Å². The Morgan fingerprint density at radius 1 is 1.36 bits per heavy atom. The zero-order valence-electron chi connectivity index (χ0n) is 12.6. The van der Waals surface area contributed by atoms with Crippen LogP contribution in [0.3, 0.4) is 0 Å². The molecule has 0 saturated carbocycles. The number of aromatic nitrogens is 2. The monoisotopic (exact) mass is 302 g/mol. The van der Waals surface area contributed by atoms with E-state index in [-0.39, 0.29) is 5.97 Å². The van der Waals surface area contributed by atoms with Gasteiger partial charge in [-0.25, -0.2) is 4.79 Å². The van der Waals surface area contributed by atoms with Crippen LogP contribution in [0.4, 0.5) is 0 Å². The lowest BCUT2D eigenvalue weighted by Crippen LogP contribution is -2.32. The Hall–Kier alpha value is -2.34. The summed E-state index contributed by atoms with van der Waals surface area (Å²) in [5, 5.41) is 4.41. The van der Waals surface area contributed by atoms with Gasteiger partial charge in [0.1, 0.15) is 5.75 Å². The summed E-state index contributed by atoms with van der Waals surface area (Å²) >= 11 is 0. The Morgan fingerprint density at radius 3 is 2.82 bits per heavy atom. The van der Waals surface area contributed by atoms with Crippen molar-refractivity contribution in [2.45, 2.75) is 25.7 Å². The van der Waals surface area contributed by atoms with Crippen molar-refractivity contribution in [3.8, 4) is 5.75 Å². The highest BCUT2D eigenvalue weighted by molar-refractivity contribution is 5.75. The summed E-state index contributed by atoms with van der Waals surface area (Å²) in [5.41, 5.74) is 3.17. The molecule has 22 heavy (non-hydrogen) atoms. The summed E-state index contributed by atoms with van der Waals surface area (Å²) in [5.74, 6) is 0.480. The predicted octanol–water partition coefficient (Wildman–Crippen LogP) is 1.55. The fourth-order valence-electron chi connectivity index (χ4n) is 2.55. The average Bonchev–Trinajstić information content (AvgIpc) is 2.97. The molecule has 0 radical (unpaired) electrons. The molecule has 0 fully saturated rings. The van der Waals surface area contributed by atoms with E-state index in [1.165, 1.54) is 7.11 Å². The Labute approximate surface area is 128 Å². The summed E-state index contributed by atoms with van der Waals surface area (Å²) in [7, 11) is 3.02. The molecule has 0 saturated heterocycles. The van der Waals surface area contributed by atoms with Crippen molar-refractivity contribution in [3.63, 3.8) is 0 Å². The van der Waals surface area contributed by atoms with Gasteiger partial charge in [-0.2, -0.15) is 5.10 Å². The van der Waals surface area contributed by atoms with Gasteiger partial charge in [0.25, 0.3) is 0 Å². The number of methoxy groups -OCH3 is 2. The first kappa shape index (κ1) is 14.6. The van der Waals surface area contributed by atoms with E-state index in [1.54, 1.807) is 13.3 Å². The van der Waals surface area contributed by atoms with E-state index in [0.29, 0.717) is 19.6 Å². The molecule has 3 rings (SSSR count). The van der Waals surface area contributed by atoms with Crippen LogP contribution in [0.5, 0.6) is 5.75 Å². The van der Waals surface area contributed by atoms with Gasteiger partial charge in [0, 0.05) is 17.7 Å². The van der Waals surface area contributed by atoms with Crippen molar-refractivity contribution in [1.82, 2.24) is 9.78 Å². The fourth-order valence-corrected chi connectivity index (χ4v) is 2.55. The number of carbonyl (C=O) groups excluding carboxylic acids is 1. The lowest BCUT2D eigenvalue weighted by Gasteiger charge is -2.22. The van der Waals surface area contributed by atoms with Crippen molar-refractivity contribution in [1.29, 1.82) is 0 Å². The van der Waals surface area contributed by atoms with Crippen molar-refractivity contribution in [3.05, 3.63) is 47.3 Å². The van der Waals surface area contributed by atoms with E-state index in [2.05, 4.69) is 5.10 Å². The third-order valence-corrected chi connectivity index (χ3v) is 3.81. The molecule has 6 nitrogen and oxygen atoms in total. The fraction of sp³-hybridized carbons (Fsp3) is 0.375. The number of benzene rings is 1. The van der Waals surface area contributed by atoms with Crippen LogP contribution in [0.25, 0.3) is 0 Å². The summed E-state index contributed by atoms with van der Waals surface area (Å²) in [6.07, 6.45) is 1.73. The summed E-state index contributed by atoms with van der Waals surface area (Å²) in [6, 6.07) is 7.85. The van der Waals surface area contributed by atoms with Gasteiger partial charge in [0.05, 0.1) is 33.6 Å². The van der Waals surface area contributed by atoms with Crippen LogP contribution in [0.1, 0.15) is 16.8 Å². The maximum Gasteiger partial charge on any atom is 0.335 e. The normalized spacial score (nSPS) is 16.9. The summed E-state index contributed by atoms with van der Waals surface area (Å²) in [4.78, 5) is 11.6. The Morgan fingerprint density at radius 2 is 2.14 bits per heavy atom. The first-order valence-electron chi connectivity index (χ1n) is 7.07. The lowest BCUT2D eigenvalue weighted by atomic mass is 10.1. The number of fused-ring (bicyclic) bond motifs is 1. The molecule has 1 atom stereocenters. The zero-order chi connectivity index (χ0) is 15.5. The third-order valence-electron chi connectivity index (χ3n) is 3.81. The minimum absolute atomic E-state index is 0.345. The number of nitrogens with zero attached hydrogens (tertiary/aromatic N) is 2. The van der Waals surface area contributed by atoms with Gasteiger partial charge < -0.3 is 14.2 Å². The van der Waals surface area contributed by atoms with E-state index in [4.69, 9.17) is 14.2 Å². The summed E-state index contributed by atoms with van der Waals surface area (Å²) < 4.78 is 17.3. The molecule has 1 aromatic heterocycles. The maximum absolute atomic E-state index is 11.6. The highest BCUT2D eigenvalue weighted by atomic mass is 16.6. The van der Waals surface area contributed by atoms with Gasteiger partial charge in [-0.3, -0.25) is 4.68 Å². The third kappa shape index (κ3) is 2.82. The second kappa shape index (κ2) is 6.19. The molecule has 2 aromatic rings. The van der Waals surface area contributed by atoms with Crippen LogP contribution in [0.2, 0.25) is 0 Å². The van der Waals surface area contributed by atoms with Crippen LogP contribution in [-0.2, 0) is 33.8 Å². The topological polar surface area (TPSA) is 62.6 Å². The zero-order valence-corrected chi connectivity index (χ0v) is 12.6. The van der Waals surface area contributed by atoms with Crippen LogP contribution >= 0.6 is 0 Å². The number of carbonyl (C=O) groups is 1. The average molecular weight is 302 g/mol. The standard InChI is InChI=1S/C16H18N2O4/c1-20-13-5-3-11(4-6-13)9-18-14-7-15(16(19)21-2)22-10-12(14)8-17-18/h3-6,8,15H,7,9-10H2,1-2H3. The van der Waals surface area contributed by atoms with Gasteiger partial charge in [0.2, 0.25) is 0 Å². The van der Waals surface area contributed by atoms with E-state index < -0.39 is 6.10 Å². The molecule has 0 N–H and O–H groups in total. The second-order valence-corrected chi connectivity index (χ2v) is 5.15. The lowest BCUT2D eigenvalue weighted by molar-refractivity contribution is -0.155. The Balaban J connectivity index is 1.78. The van der Waals surface area contributed by atoms with Crippen molar-refractivity contribution in [2.75, 3.05) is 14.2 Å². The second-order valence-electron chi connectivity index (χ2n) is 5.15. The number of hydrogen-bond acceptors (Lipinski definition) is 5. The van der Waals surface area contributed by atoms with E-state index in [9.17, 15) is 4.79 Å². The van der Waals surface area contributed by atoms with Gasteiger partial charge in [-0.15, -0.1) is 0 Å². The minimum atomic E-state index is -0.552. The van der Waals surface area contributed by atoms with Gasteiger partial charge >= 0.3 is 5.97 Å². The molecule has 2 heterocycles. The molecule has 1 aliphatic heterocycles. The Bertz CT molecular complexity index is 663. The highest BCUT2D eigenvalue weighted by Crippen LogP contribution is 2.22. The smallest absolute Gasteiger partial charge is 0.335 e. The molecule has 1 aliphatic rings. The molecule has 0 amide bonds. The number of hydrogen-bond donors (Lipinski definition) is 0. The van der Waals surface area contributed by atoms with E-state index in [1.807, 2.05) is 28.9 Å². The van der Waals surface area contributed by atoms with Crippen LogP contribution in [0, 0.1) is 0 Å². The molecule has 0 spiro atoms. The summed E-state index contributed by atoms with van der Waals surface area (Å²) in [6.45, 7) is 1.03. The van der Waals surface area contributed by atoms with Gasteiger partial charge in [-0.1, -0.05) is 12.1 Å². The van der Waals surface area contributed by atoms with Crippen molar-refractivity contribution >= 4 is 5.97 Å². The molecule has 1 aromatic carbocycles. The SMILES string of the molecule is COC(=O)C1Cc2c(cnn2Cc2ccc(OC)cc2)CO1. The van der Waals surface area contributed by atoms with E-state index in [0.717, 1.165) is 22.6 Å². The van der Waals surface area contributed by atoms with Crippen LogP contribution in [0.15, 0.2) is 30.5 Å². The quantitative estimate of drug-likeness (QED) is 0.802. The molecule has 0 bridgehead atoms. The molecule has 0 aliphatic carbocycles. The van der Waals surface area contributed by atoms with Crippen molar-refractivity contribution < 1.29 is 19.0 Å². The largest absolute Gasteiger partial charge is 0.497 e. The first-order valence-corrected chi connectivity index (χ1v) is 7.07. The highest BCUT2D eigenvalue weighted by Gasteiger charge is 2.29. The van der Waals surface area contributed by atoms with Gasteiger partial charge in [0.15, 0.2) is 6.10 Å². The Kier molecular flexibility index (Phi) is 4.11. The van der Waals surface area contributed by atoms with Crippen LogP contribution < -0.4 is 4.74 Å². The first-order chi connectivity index (χ1) is 10.7. The molecule has 1 unspecified atom stereocenters. The molecule has 116 valence electrons. The van der Waals surface area contributed by atoms with Crippen LogP contribution in [-0.4, -0.2) is 36.1 Å². The number of esters is 1. The van der Waals surface area contributed by atoms with Gasteiger partial charge in [-0.05, 0) is 17.7 Å². The molecular formula is C16H18N2O4.